The van der Waals surface area contributed by atoms with Crippen LogP contribution in [-0.4, -0.2) is 28.8 Å². The van der Waals surface area contributed by atoms with Gasteiger partial charge < -0.3 is 5.32 Å². The van der Waals surface area contributed by atoms with E-state index in [0.717, 1.165) is 12.2 Å². The molecule has 4 heteroatoms. The van der Waals surface area contributed by atoms with E-state index in [4.69, 9.17) is 0 Å². The molecule has 0 aliphatic carbocycles. The lowest BCUT2D eigenvalue weighted by atomic mass is 10.1. The van der Waals surface area contributed by atoms with Gasteiger partial charge in [-0.05, 0) is 18.6 Å². The summed E-state index contributed by atoms with van der Waals surface area (Å²) in [6.07, 6.45) is 3.05. The van der Waals surface area contributed by atoms with Gasteiger partial charge in [-0.15, -0.1) is 0 Å². The molecule has 1 amide bonds. The molecule has 0 saturated carbocycles. The lowest BCUT2D eigenvalue weighted by Crippen LogP contribution is -2.41. The van der Waals surface area contributed by atoms with Crippen molar-refractivity contribution in [3.05, 3.63) is 0 Å². The van der Waals surface area contributed by atoms with E-state index in [1.807, 2.05) is 13.8 Å². The normalized spacial score (nSPS) is 15.3. The van der Waals surface area contributed by atoms with Crippen LogP contribution >= 0.6 is 27.7 Å². The summed E-state index contributed by atoms with van der Waals surface area (Å²) in [5, 5.41) is 3.04. The van der Waals surface area contributed by atoms with Crippen LogP contribution in [0.2, 0.25) is 0 Å². The van der Waals surface area contributed by atoms with E-state index in [0.29, 0.717) is 12.0 Å². The maximum Gasteiger partial charge on any atom is 0.234 e. The molecule has 0 spiro atoms. The van der Waals surface area contributed by atoms with Crippen LogP contribution in [0.5, 0.6) is 0 Å². The van der Waals surface area contributed by atoms with Crippen LogP contribution in [-0.2, 0) is 4.79 Å². The highest BCUT2D eigenvalue weighted by atomic mass is 79.9. The van der Waals surface area contributed by atoms with Crippen LogP contribution in [0.4, 0.5) is 0 Å². The van der Waals surface area contributed by atoms with Gasteiger partial charge in [0.15, 0.2) is 0 Å². The fourth-order valence-electron chi connectivity index (χ4n) is 1.05. The Morgan fingerprint density at radius 2 is 2.07 bits per heavy atom. The lowest BCUT2D eigenvalue weighted by molar-refractivity contribution is -0.121. The number of alkyl halides is 1. The first kappa shape index (κ1) is 14.3. The van der Waals surface area contributed by atoms with Crippen molar-refractivity contribution in [3.63, 3.8) is 0 Å². The molecule has 1 N–H and O–H groups in total. The third-order valence-corrected chi connectivity index (χ3v) is 4.25. The standard InChI is InChI=1S/C10H20BrNOS/c1-5-8(6-14-4)12-10(13)9(11)7(2)3/h7-9H,5-6H2,1-4H3,(H,12,13). The molecule has 0 heterocycles. The minimum absolute atomic E-state index is 0.0709. The predicted molar refractivity (Wildman–Crippen MR) is 68.2 cm³/mol. The van der Waals surface area contributed by atoms with Gasteiger partial charge in [0, 0.05) is 11.8 Å². The fraction of sp³-hybridized carbons (Fsp3) is 0.900. The number of carbonyl (C=O) groups excluding carboxylic acids is 1. The largest absolute Gasteiger partial charge is 0.352 e. The van der Waals surface area contributed by atoms with E-state index < -0.39 is 0 Å². The molecule has 14 heavy (non-hydrogen) atoms. The molecular weight excluding hydrogens is 262 g/mol. The maximum atomic E-state index is 11.7. The summed E-state index contributed by atoms with van der Waals surface area (Å²) in [6, 6.07) is 0.302. The number of nitrogens with one attached hydrogen (secondary N) is 1. The average Bonchev–Trinajstić information content (AvgIpc) is 2.15. The smallest absolute Gasteiger partial charge is 0.234 e. The van der Waals surface area contributed by atoms with Gasteiger partial charge in [-0.1, -0.05) is 36.7 Å². The monoisotopic (exact) mass is 281 g/mol. The summed E-state index contributed by atoms with van der Waals surface area (Å²) in [5.74, 6) is 1.43. The molecule has 0 aliphatic rings. The summed E-state index contributed by atoms with van der Waals surface area (Å²) < 4.78 is 0. The van der Waals surface area contributed by atoms with Crippen LogP contribution in [0, 0.1) is 5.92 Å². The number of amides is 1. The molecule has 0 radical (unpaired) electrons. The number of halogens is 1. The van der Waals surface area contributed by atoms with Gasteiger partial charge in [0.2, 0.25) is 5.91 Å². The van der Waals surface area contributed by atoms with Gasteiger partial charge in [0.25, 0.3) is 0 Å². The Hall–Kier alpha value is 0.300. The Balaban J connectivity index is 4.01. The molecule has 2 atom stereocenters. The fourth-order valence-corrected chi connectivity index (χ4v) is 1.90. The average molecular weight is 282 g/mol. The SMILES string of the molecule is CCC(CSC)NC(=O)C(Br)C(C)C. The van der Waals surface area contributed by atoms with E-state index in [-0.39, 0.29) is 10.7 Å². The zero-order valence-corrected chi connectivity index (χ0v) is 11.7. The summed E-state index contributed by atoms with van der Waals surface area (Å²) in [6.45, 7) is 6.17. The lowest BCUT2D eigenvalue weighted by Gasteiger charge is -2.19. The van der Waals surface area contributed by atoms with Crippen molar-refractivity contribution in [3.8, 4) is 0 Å². The Kier molecular flexibility index (Phi) is 7.74. The summed E-state index contributed by atoms with van der Waals surface area (Å²) >= 11 is 5.16. The van der Waals surface area contributed by atoms with Crippen LogP contribution in [0.15, 0.2) is 0 Å². The highest BCUT2D eigenvalue weighted by Crippen LogP contribution is 2.12. The van der Waals surface area contributed by atoms with Crippen molar-refractivity contribution in [2.75, 3.05) is 12.0 Å². The second-order valence-corrected chi connectivity index (χ2v) is 5.61. The number of rotatable bonds is 6. The first-order valence-electron chi connectivity index (χ1n) is 4.96. The second kappa shape index (κ2) is 7.57. The van der Waals surface area contributed by atoms with Crippen molar-refractivity contribution < 1.29 is 4.79 Å². The zero-order valence-electron chi connectivity index (χ0n) is 9.34. The molecule has 0 bridgehead atoms. The number of hydrogen-bond acceptors (Lipinski definition) is 2. The molecule has 0 aromatic rings. The quantitative estimate of drug-likeness (QED) is 0.759. The summed E-state index contributed by atoms with van der Waals surface area (Å²) in [5.41, 5.74) is 0. The van der Waals surface area contributed by atoms with Crippen molar-refractivity contribution in [2.24, 2.45) is 5.92 Å². The molecule has 84 valence electrons. The third kappa shape index (κ3) is 5.25. The van der Waals surface area contributed by atoms with Crippen molar-refractivity contribution in [1.82, 2.24) is 5.32 Å². The number of hydrogen-bond donors (Lipinski definition) is 1. The van der Waals surface area contributed by atoms with Crippen LogP contribution < -0.4 is 5.32 Å². The van der Waals surface area contributed by atoms with Gasteiger partial charge in [-0.2, -0.15) is 11.8 Å². The molecule has 0 rings (SSSR count). The first-order valence-corrected chi connectivity index (χ1v) is 7.27. The summed E-state index contributed by atoms with van der Waals surface area (Å²) in [4.78, 5) is 11.6. The van der Waals surface area contributed by atoms with Crippen molar-refractivity contribution >= 4 is 33.6 Å². The maximum absolute atomic E-state index is 11.7. The van der Waals surface area contributed by atoms with Crippen LogP contribution in [0.1, 0.15) is 27.2 Å². The molecule has 0 fully saturated rings. The molecular formula is C10H20BrNOS. The minimum atomic E-state index is -0.0709. The Morgan fingerprint density at radius 3 is 2.43 bits per heavy atom. The molecule has 0 aliphatic heterocycles. The highest BCUT2D eigenvalue weighted by molar-refractivity contribution is 9.10. The molecule has 0 aromatic carbocycles. The highest BCUT2D eigenvalue weighted by Gasteiger charge is 2.20. The van der Waals surface area contributed by atoms with Gasteiger partial charge in [0.05, 0.1) is 4.83 Å². The molecule has 2 nitrogen and oxygen atoms in total. The molecule has 0 saturated heterocycles. The second-order valence-electron chi connectivity index (χ2n) is 3.71. The Morgan fingerprint density at radius 1 is 1.50 bits per heavy atom. The van der Waals surface area contributed by atoms with Gasteiger partial charge in [0.1, 0.15) is 0 Å². The molecule has 2 unspecified atom stereocenters. The van der Waals surface area contributed by atoms with E-state index >= 15 is 0 Å². The van der Waals surface area contributed by atoms with Crippen LogP contribution in [0.3, 0.4) is 0 Å². The van der Waals surface area contributed by atoms with Crippen molar-refractivity contribution in [2.45, 2.75) is 38.1 Å². The van der Waals surface area contributed by atoms with E-state index in [9.17, 15) is 4.79 Å². The number of carbonyl (C=O) groups is 1. The van der Waals surface area contributed by atoms with Crippen molar-refractivity contribution in [1.29, 1.82) is 0 Å². The van der Waals surface area contributed by atoms with E-state index in [1.165, 1.54) is 0 Å². The topological polar surface area (TPSA) is 29.1 Å². The van der Waals surface area contributed by atoms with Gasteiger partial charge in [-0.25, -0.2) is 0 Å². The van der Waals surface area contributed by atoms with E-state index in [2.05, 4.69) is 34.4 Å². The molecule has 0 aromatic heterocycles. The predicted octanol–water partition coefficient (Wildman–Crippen LogP) is 2.66. The minimum Gasteiger partial charge on any atom is -0.352 e. The Labute approximate surface area is 99.7 Å². The number of thioether (sulfide) groups is 1. The van der Waals surface area contributed by atoms with Gasteiger partial charge >= 0.3 is 0 Å². The van der Waals surface area contributed by atoms with Gasteiger partial charge in [-0.3, -0.25) is 4.79 Å². The van der Waals surface area contributed by atoms with E-state index in [1.54, 1.807) is 11.8 Å². The zero-order chi connectivity index (χ0) is 11.1. The Bertz CT molecular complexity index is 176. The first-order chi connectivity index (χ1) is 6.52. The third-order valence-electron chi connectivity index (χ3n) is 2.04. The summed E-state index contributed by atoms with van der Waals surface area (Å²) in [7, 11) is 0. The van der Waals surface area contributed by atoms with Crippen LogP contribution in [0.25, 0.3) is 0 Å².